The zero-order chi connectivity index (χ0) is 20.3. The van der Waals surface area contributed by atoms with Gasteiger partial charge < -0.3 is 32.5 Å². The van der Waals surface area contributed by atoms with Crippen LogP contribution in [0.4, 0.5) is 0 Å². The van der Waals surface area contributed by atoms with Gasteiger partial charge in [0.15, 0.2) is 5.96 Å². The first kappa shape index (κ1) is 23.8. The molecule has 0 heterocycles. The monoisotopic (exact) mass is 371 g/mol. The Morgan fingerprint density at radius 1 is 1.23 bits per heavy atom. The molecule has 0 aliphatic heterocycles. The number of nitrogens with one attached hydrogen (secondary N) is 4. The van der Waals surface area contributed by atoms with Crippen LogP contribution in [0.15, 0.2) is 0 Å². The molecule has 10 nitrogen and oxygen atoms in total. The van der Waals surface area contributed by atoms with Crippen LogP contribution in [0.25, 0.3) is 0 Å². The maximum absolute atomic E-state index is 12.4. The molecule has 0 aliphatic rings. The number of carbonyl (C=O) groups is 2. The Labute approximate surface area is 154 Å². The average Bonchev–Trinajstić information content (AvgIpc) is 2.59. The SMILES string of the molecule is CC[C@H](C)[C@H](NC(=O)[C@@H](N)CCCNC(=N)N)C(=O)N[C@H]([C]=O)[C@H](C)O. The molecule has 0 bridgehead atoms. The third-order valence-corrected chi connectivity index (χ3v) is 4.04. The van der Waals surface area contributed by atoms with Gasteiger partial charge in [-0.1, -0.05) is 20.3 Å². The van der Waals surface area contributed by atoms with E-state index in [2.05, 4.69) is 16.0 Å². The predicted molar refractivity (Wildman–Crippen MR) is 97.8 cm³/mol. The van der Waals surface area contributed by atoms with Crippen molar-refractivity contribution in [2.45, 2.75) is 64.3 Å². The quantitative estimate of drug-likeness (QED) is 0.118. The maximum Gasteiger partial charge on any atom is 0.243 e. The number of hydrogen-bond donors (Lipinski definition) is 7. The normalized spacial score (nSPS) is 16.5. The van der Waals surface area contributed by atoms with Gasteiger partial charge in [-0.3, -0.25) is 19.8 Å². The summed E-state index contributed by atoms with van der Waals surface area (Å²) in [5.74, 6) is -1.42. The van der Waals surface area contributed by atoms with E-state index in [9.17, 15) is 19.5 Å². The highest BCUT2D eigenvalue weighted by Gasteiger charge is 2.30. The number of nitrogens with two attached hydrogens (primary N) is 2. The van der Waals surface area contributed by atoms with E-state index in [1.807, 2.05) is 6.92 Å². The molecule has 2 amide bonds. The fraction of sp³-hybridized carbons (Fsp3) is 0.750. The molecule has 149 valence electrons. The number of aliphatic hydroxyl groups excluding tert-OH is 1. The lowest BCUT2D eigenvalue weighted by Gasteiger charge is -2.26. The van der Waals surface area contributed by atoms with Gasteiger partial charge in [0.1, 0.15) is 12.1 Å². The molecular formula is C16H31N6O4. The second kappa shape index (κ2) is 12.2. The van der Waals surface area contributed by atoms with Gasteiger partial charge in [0.2, 0.25) is 18.1 Å². The van der Waals surface area contributed by atoms with Gasteiger partial charge in [0.25, 0.3) is 0 Å². The summed E-state index contributed by atoms with van der Waals surface area (Å²) >= 11 is 0. The Balaban J connectivity index is 4.78. The lowest BCUT2D eigenvalue weighted by atomic mass is 9.97. The minimum atomic E-state index is -1.17. The van der Waals surface area contributed by atoms with Crippen molar-refractivity contribution in [3.63, 3.8) is 0 Å². The van der Waals surface area contributed by atoms with Crippen LogP contribution in [0.1, 0.15) is 40.0 Å². The molecule has 0 fully saturated rings. The maximum atomic E-state index is 12.4. The smallest absolute Gasteiger partial charge is 0.243 e. The minimum Gasteiger partial charge on any atom is -0.391 e. The summed E-state index contributed by atoms with van der Waals surface area (Å²) in [5.41, 5.74) is 11.0. The standard InChI is InChI=1S/C16H31N6O4/c1-4-9(2)13(15(26)21-12(8-23)10(3)24)22-14(25)11(17)6-5-7-20-16(18)19/h9-13,24H,4-7,17H2,1-3H3,(H,21,26)(H,22,25)(H4,18,19,20)/t9-,10-,11-,12+,13-/m0/s1. The van der Waals surface area contributed by atoms with Gasteiger partial charge in [-0.05, 0) is 25.7 Å². The lowest BCUT2D eigenvalue weighted by Crippen LogP contribution is -2.57. The number of aliphatic hydroxyl groups is 1. The molecule has 9 N–H and O–H groups in total. The number of guanidine groups is 1. The molecule has 0 spiro atoms. The third kappa shape index (κ3) is 8.77. The molecular weight excluding hydrogens is 340 g/mol. The highest BCUT2D eigenvalue weighted by atomic mass is 16.3. The van der Waals surface area contributed by atoms with Crippen molar-refractivity contribution in [2.75, 3.05) is 6.54 Å². The summed E-state index contributed by atoms with van der Waals surface area (Å²) in [6.45, 7) is 5.42. The van der Waals surface area contributed by atoms with Gasteiger partial charge >= 0.3 is 0 Å². The number of amides is 2. The van der Waals surface area contributed by atoms with Crippen molar-refractivity contribution in [3.8, 4) is 0 Å². The third-order valence-electron chi connectivity index (χ3n) is 4.04. The summed E-state index contributed by atoms with van der Waals surface area (Å²) in [6.07, 6.45) is 1.95. The summed E-state index contributed by atoms with van der Waals surface area (Å²) in [5, 5.41) is 24.1. The topological polar surface area (TPSA) is 183 Å². The molecule has 10 heteroatoms. The molecule has 26 heavy (non-hydrogen) atoms. The van der Waals surface area contributed by atoms with Crippen LogP contribution < -0.4 is 27.4 Å². The average molecular weight is 371 g/mol. The Hall–Kier alpha value is -2.20. The molecule has 0 unspecified atom stereocenters. The second-order valence-electron chi connectivity index (χ2n) is 6.31. The van der Waals surface area contributed by atoms with Crippen molar-refractivity contribution < 1.29 is 19.5 Å². The molecule has 0 rings (SSSR count). The zero-order valence-electron chi connectivity index (χ0n) is 15.5. The van der Waals surface area contributed by atoms with Gasteiger partial charge in [-0.15, -0.1) is 0 Å². The Bertz CT molecular complexity index is 485. The van der Waals surface area contributed by atoms with E-state index in [4.69, 9.17) is 16.9 Å². The highest BCUT2D eigenvalue weighted by molar-refractivity contribution is 5.91. The molecule has 0 aliphatic carbocycles. The van der Waals surface area contributed by atoms with Crippen molar-refractivity contribution in [1.29, 1.82) is 5.41 Å². The Kier molecular flexibility index (Phi) is 11.2. The summed E-state index contributed by atoms with van der Waals surface area (Å²) in [4.78, 5) is 35.5. The summed E-state index contributed by atoms with van der Waals surface area (Å²) in [7, 11) is 0. The predicted octanol–water partition coefficient (Wildman–Crippen LogP) is -1.92. The van der Waals surface area contributed by atoms with Crippen molar-refractivity contribution in [1.82, 2.24) is 16.0 Å². The van der Waals surface area contributed by atoms with Crippen LogP contribution >= 0.6 is 0 Å². The van der Waals surface area contributed by atoms with Crippen LogP contribution in [0.3, 0.4) is 0 Å². The van der Waals surface area contributed by atoms with E-state index in [-0.39, 0.29) is 11.9 Å². The molecule has 1 radical (unpaired) electrons. The number of rotatable bonds is 12. The van der Waals surface area contributed by atoms with E-state index in [0.29, 0.717) is 25.8 Å². The Morgan fingerprint density at radius 3 is 2.31 bits per heavy atom. The van der Waals surface area contributed by atoms with Crippen LogP contribution in [0.5, 0.6) is 0 Å². The van der Waals surface area contributed by atoms with E-state index in [1.54, 1.807) is 13.2 Å². The second-order valence-corrected chi connectivity index (χ2v) is 6.31. The molecule has 0 aromatic heterocycles. The van der Waals surface area contributed by atoms with Crippen LogP contribution in [0.2, 0.25) is 0 Å². The highest BCUT2D eigenvalue weighted by Crippen LogP contribution is 2.09. The molecule has 0 aromatic carbocycles. The Morgan fingerprint density at radius 2 is 1.85 bits per heavy atom. The van der Waals surface area contributed by atoms with Crippen molar-refractivity contribution >= 4 is 24.1 Å². The van der Waals surface area contributed by atoms with Crippen LogP contribution in [-0.2, 0) is 14.4 Å². The number of carbonyl (C=O) groups excluding carboxylic acids is 3. The van der Waals surface area contributed by atoms with E-state index in [0.717, 1.165) is 0 Å². The van der Waals surface area contributed by atoms with Gasteiger partial charge in [0.05, 0.1) is 12.1 Å². The van der Waals surface area contributed by atoms with Gasteiger partial charge in [0, 0.05) is 6.54 Å². The first-order valence-corrected chi connectivity index (χ1v) is 8.63. The number of hydrogen-bond acceptors (Lipinski definition) is 6. The summed E-state index contributed by atoms with van der Waals surface area (Å²) < 4.78 is 0. The molecule has 0 saturated carbocycles. The molecule has 0 aromatic rings. The fourth-order valence-corrected chi connectivity index (χ4v) is 2.13. The summed E-state index contributed by atoms with van der Waals surface area (Å²) in [6, 6.07) is -2.88. The zero-order valence-corrected chi connectivity index (χ0v) is 15.5. The van der Waals surface area contributed by atoms with Crippen LogP contribution in [0, 0.1) is 11.3 Å². The van der Waals surface area contributed by atoms with Crippen LogP contribution in [-0.4, -0.2) is 59.9 Å². The fourth-order valence-electron chi connectivity index (χ4n) is 2.13. The first-order chi connectivity index (χ1) is 12.1. The van der Waals surface area contributed by atoms with Crippen molar-refractivity contribution in [3.05, 3.63) is 0 Å². The minimum absolute atomic E-state index is 0.156. The molecule has 0 saturated heterocycles. The van der Waals surface area contributed by atoms with Gasteiger partial charge in [-0.2, -0.15) is 0 Å². The first-order valence-electron chi connectivity index (χ1n) is 8.63. The largest absolute Gasteiger partial charge is 0.391 e. The lowest BCUT2D eigenvalue weighted by molar-refractivity contribution is -0.131. The van der Waals surface area contributed by atoms with E-state index in [1.165, 1.54) is 6.92 Å². The van der Waals surface area contributed by atoms with Crippen molar-refractivity contribution in [2.24, 2.45) is 17.4 Å². The van der Waals surface area contributed by atoms with E-state index < -0.39 is 36.0 Å². The van der Waals surface area contributed by atoms with E-state index >= 15 is 0 Å². The van der Waals surface area contributed by atoms with Gasteiger partial charge in [-0.25, -0.2) is 0 Å². The molecule has 5 atom stereocenters.